The molecule has 0 saturated heterocycles. The second-order valence-electron chi connectivity index (χ2n) is 8.61. The molecule has 0 aliphatic rings. The van der Waals surface area contributed by atoms with Crippen LogP contribution in [-0.2, 0) is 9.53 Å². The minimum absolute atomic E-state index is 0.0381. The lowest BCUT2D eigenvalue weighted by Crippen LogP contribution is -2.56. The van der Waals surface area contributed by atoms with Gasteiger partial charge in [0.1, 0.15) is 6.10 Å². The van der Waals surface area contributed by atoms with Gasteiger partial charge in [0.15, 0.2) is 5.41 Å². The number of hydrogen-bond acceptors (Lipinski definition) is 2. The maximum atomic E-state index is 14.0. The Morgan fingerprint density at radius 3 is 1.52 bits per heavy atom. The van der Waals surface area contributed by atoms with Crippen molar-refractivity contribution >= 4 is 5.97 Å². The topological polar surface area (TPSA) is 26.3 Å². The molecule has 0 aromatic carbocycles. The van der Waals surface area contributed by atoms with Crippen molar-refractivity contribution in [3.05, 3.63) is 0 Å². The molecule has 0 aromatic heterocycles. The number of halogens is 3. The lowest BCUT2D eigenvalue weighted by molar-refractivity contribution is -0.269. The van der Waals surface area contributed by atoms with Gasteiger partial charge in [-0.2, -0.15) is 13.2 Å². The molecule has 0 aliphatic carbocycles. The summed E-state index contributed by atoms with van der Waals surface area (Å²) >= 11 is 0. The number of carbonyl (C=O) groups excluding carboxylic acids is 1. The number of carbonyl (C=O) groups is 1. The highest BCUT2D eigenvalue weighted by Gasteiger charge is 2.67. The Labute approximate surface area is 139 Å². The van der Waals surface area contributed by atoms with E-state index in [1.54, 1.807) is 13.8 Å². The third kappa shape index (κ3) is 4.87. The number of hydrogen-bond donors (Lipinski definition) is 0. The molecule has 0 radical (unpaired) electrons. The first-order chi connectivity index (χ1) is 10.1. The van der Waals surface area contributed by atoms with Crippen molar-refractivity contribution in [2.75, 3.05) is 0 Å². The summed E-state index contributed by atoms with van der Waals surface area (Å²) in [5, 5.41) is 0. The van der Waals surface area contributed by atoms with Gasteiger partial charge in [0.2, 0.25) is 0 Å². The minimum Gasteiger partial charge on any atom is -0.461 e. The Kier molecular flexibility index (Phi) is 7.20. The van der Waals surface area contributed by atoms with Crippen molar-refractivity contribution in [1.82, 2.24) is 0 Å². The molecule has 0 rings (SSSR count). The van der Waals surface area contributed by atoms with Gasteiger partial charge in [-0.05, 0) is 29.6 Å². The minimum atomic E-state index is -4.66. The molecule has 2 nitrogen and oxygen atoms in total. The second-order valence-corrected chi connectivity index (χ2v) is 8.61. The van der Waals surface area contributed by atoms with Crippen molar-refractivity contribution in [3.63, 3.8) is 0 Å². The Morgan fingerprint density at radius 1 is 0.913 bits per heavy atom. The zero-order valence-corrected chi connectivity index (χ0v) is 16.0. The van der Waals surface area contributed by atoms with Gasteiger partial charge < -0.3 is 4.74 Å². The predicted molar refractivity (Wildman–Crippen MR) is 87.0 cm³/mol. The molecule has 23 heavy (non-hydrogen) atoms. The van der Waals surface area contributed by atoms with Crippen LogP contribution in [0.25, 0.3) is 0 Å². The predicted octanol–water partition coefficient (Wildman–Crippen LogP) is 5.85. The van der Waals surface area contributed by atoms with Crippen molar-refractivity contribution in [1.29, 1.82) is 0 Å². The first-order valence-corrected chi connectivity index (χ1v) is 8.35. The van der Waals surface area contributed by atoms with Crippen LogP contribution in [0, 0.1) is 28.6 Å². The second kappa shape index (κ2) is 7.43. The van der Waals surface area contributed by atoms with Crippen LogP contribution >= 0.6 is 0 Å². The first-order valence-electron chi connectivity index (χ1n) is 8.35. The van der Waals surface area contributed by atoms with Crippen molar-refractivity contribution in [3.8, 4) is 0 Å². The summed E-state index contributed by atoms with van der Waals surface area (Å²) in [5.74, 6) is -1.49. The summed E-state index contributed by atoms with van der Waals surface area (Å²) in [7, 11) is 0. The standard InChI is InChI=1S/C18H33F3O2/c1-11(2)10-17(16(7,8)9,18(19,20)21)15(22)23-14(12(3)4)13(5)6/h11-14H,10H2,1-9H3. The van der Waals surface area contributed by atoms with E-state index in [-0.39, 0.29) is 24.2 Å². The Balaban J connectivity index is 5.99. The van der Waals surface area contributed by atoms with Crippen LogP contribution in [0.2, 0.25) is 0 Å². The number of esters is 1. The van der Waals surface area contributed by atoms with Crippen LogP contribution in [0.15, 0.2) is 0 Å². The summed E-state index contributed by atoms with van der Waals surface area (Å²) in [5.41, 5.74) is -3.79. The first kappa shape index (κ1) is 22.3. The monoisotopic (exact) mass is 338 g/mol. The van der Waals surface area contributed by atoms with Crippen molar-refractivity contribution in [2.24, 2.45) is 28.6 Å². The highest BCUT2D eigenvalue weighted by Crippen LogP contribution is 2.55. The maximum absolute atomic E-state index is 14.0. The van der Waals surface area contributed by atoms with E-state index in [2.05, 4.69) is 0 Å². The van der Waals surface area contributed by atoms with Crippen molar-refractivity contribution in [2.45, 2.75) is 81.0 Å². The van der Waals surface area contributed by atoms with Crippen LogP contribution < -0.4 is 0 Å². The average molecular weight is 338 g/mol. The SMILES string of the molecule is CC(C)CC(C(=O)OC(C(C)C)C(C)C)(C(C)(C)C)C(F)(F)F. The smallest absolute Gasteiger partial charge is 0.405 e. The van der Waals surface area contributed by atoms with E-state index >= 15 is 0 Å². The van der Waals surface area contributed by atoms with Gasteiger partial charge in [-0.25, -0.2) is 0 Å². The molecule has 5 heteroatoms. The van der Waals surface area contributed by atoms with Crippen LogP contribution in [-0.4, -0.2) is 18.2 Å². The van der Waals surface area contributed by atoms with Gasteiger partial charge in [0.05, 0.1) is 0 Å². The third-order valence-electron chi connectivity index (χ3n) is 4.38. The van der Waals surface area contributed by atoms with E-state index in [9.17, 15) is 18.0 Å². The van der Waals surface area contributed by atoms with Crippen molar-refractivity contribution < 1.29 is 22.7 Å². The summed E-state index contributed by atoms with van der Waals surface area (Å²) in [6.45, 7) is 15.2. The Morgan fingerprint density at radius 2 is 1.30 bits per heavy atom. The fraction of sp³-hybridized carbons (Fsp3) is 0.944. The molecule has 0 heterocycles. The van der Waals surface area contributed by atoms with E-state index in [1.807, 2.05) is 27.7 Å². The maximum Gasteiger partial charge on any atom is 0.405 e. The molecule has 1 unspecified atom stereocenters. The highest BCUT2D eigenvalue weighted by atomic mass is 19.4. The molecular formula is C18H33F3O2. The molecule has 0 spiro atoms. The lowest BCUT2D eigenvalue weighted by Gasteiger charge is -2.45. The van der Waals surface area contributed by atoms with E-state index < -0.39 is 29.1 Å². The summed E-state index contributed by atoms with van der Waals surface area (Å²) in [4.78, 5) is 12.8. The van der Waals surface area contributed by atoms with Gasteiger partial charge >= 0.3 is 12.1 Å². The number of rotatable bonds is 6. The summed E-state index contributed by atoms with van der Waals surface area (Å²) < 4.78 is 47.5. The molecule has 1 atom stereocenters. The lowest BCUT2D eigenvalue weighted by atomic mass is 9.62. The average Bonchev–Trinajstić information content (AvgIpc) is 2.28. The van der Waals surface area contributed by atoms with Gasteiger partial charge in [0, 0.05) is 0 Å². The van der Waals surface area contributed by atoms with E-state index in [0.717, 1.165) is 0 Å². The molecule has 138 valence electrons. The van der Waals surface area contributed by atoms with Gasteiger partial charge in [-0.3, -0.25) is 4.79 Å². The molecule has 0 saturated carbocycles. The molecule has 0 aliphatic heterocycles. The summed E-state index contributed by atoms with van der Waals surface area (Å²) in [6.07, 6.45) is -5.47. The van der Waals surface area contributed by atoms with E-state index in [1.165, 1.54) is 20.8 Å². The Bertz CT molecular complexity index is 368. The summed E-state index contributed by atoms with van der Waals surface area (Å²) in [6, 6.07) is 0. The van der Waals surface area contributed by atoms with Gasteiger partial charge in [-0.1, -0.05) is 62.3 Å². The normalized spacial score (nSPS) is 16.3. The van der Waals surface area contributed by atoms with Gasteiger partial charge in [-0.15, -0.1) is 0 Å². The molecule has 0 amide bonds. The third-order valence-corrected chi connectivity index (χ3v) is 4.38. The van der Waals surface area contributed by atoms with E-state index in [0.29, 0.717) is 0 Å². The zero-order valence-electron chi connectivity index (χ0n) is 16.0. The highest BCUT2D eigenvalue weighted by molar-refractivity contribution is 5.79. The van der Waals surface area contributed by atoms with Crippen LogP contribution in [0.3, 0.4) is 0 Å². The van der Waals surface area contributed by atoms with Crippen LogP contribution in [0.5, 0.6) is 0 Å². The number of alkyl halides is 3. The van der Waals surface area contributed by atoms with E-state index in [4.69, 9.17) is 4.74 Å². The largest absolute Gasteiger partial charge is 0.461 e. The fourth-order valence-electron chi connectivity index (χ4n) is 3.23. The zero-order chi connectivity index (χ0) is 18.8. The molecule has 0 aromatic rings. The van der Waals surface area contributed by atoms with Crippen LogP contribution in [0.4, 0.5) is 13.2 Å². The molecule has 0 N–H and O–H groups in total. The van der Waals surface area contributed by atoms with Crippen LogP contribution in [0.1, 0.15) is 68.7 Å². The molecular weight excluding hydrogens is 305 g/mol. The Hall–Kier alpha value is -0.740. The fourth-order valence-corrected chi connectivity index (χ4v) is 3.23. The molecule has 0 fully saturated rings. The van der Waals surface area contributed by atoms with Gasteiger partial charge in [0.25, 0.3) is 0 Å². The quantitative estimate of drug-likeness (QED) is 0.568. The molecule has 0 bridgehead atoms. The number of ether oxygens (including phenoxy) is 1.